The maximum atomic E-state index is 12.5. The molecule has 0 bridgehead atoms. The third-order valence-corrected chi connectivity index (χ3v) is 5.02. The Kier molecular flexibility index (Phi) is 3.41. The van der Waals surface area contributed by atoms with E-state index in [1.807, 2.05) is 33.8 Å². The van der Waals surface area contributed by atoms with Gasteiger partial charge in [-0.2, -0.15) is 5.10 Å². The smallest absolute Gasteiger partial charge is 0.274 e. The van der Waals surface area contributed by atoms with Gasteiger partial charge in [0.1, 0.15) is 6.10 Å². The molecule has 1 fully saturated rings. The molecule has 2 aromatic rings. The number of rotatable bonds is 2. The van der Waals surface area contributed by atoms with E-state index < -0.39 is 0 Å². The SMILES string of the molecule is O=C(c1cc2n(n1)C[C@@H](c1ccc3c(c1)OCO3)OC2)N1CCCC1. The minimum absolute atomic E-state index is 0.0269. The molecule has 1 aromatic heterocycles. The zero-order valence-corrected chi connectivity index (χ0v) is 13.8. The van der Waals surface area contributed by atoms with Gasteiger partial charge in [-0.05, 0) is 36.6 Å². The third kappa shape index (κ3) is 2.55. The highest BCUT2D eigenvalue weighted by Gasteiger charge is 2.28. The van der Waals surface area contributed by atoms with Crippen LogP contribution in [0.3, 0.4) is 0 Å². The average molecular weight is 341 g/mol. The van der Waals surface area contributed by atoms with Gasteiger partial charge in [0.2, 0.25) is 6.79 Å². The van der Waals surface area contributed by atoms with E-state index in [9.17, 15) is 4.79 Å². The number of fused-ring (bicyclic) bond motifs is 2. The molecule has 0 saturated carbocycles. The molecular formula is C18H19N3O4. The maximum absolute atomic E-state index is 12.5. The lowest BCUT2D eigenvalue weighted by atomic mass is 10.1. The van der Waals surface area contributed by atoms with Gasteiger partial charge in [0.05, 0.1) is 18.8 Å². The molecule has 3 aliphatic rings. The number of amides is 1. The molecule has 0 aliphatic carbocycles. The molecule has 7 heteroatoms. The molecule has 0 radical (unpaired) electrons. The number of benzene rings is 1. The molecule has 130 valence electrons. The zero-order chi connectivity index (χ0) is 16.8. The number of hydrogen-bond donors (Lipinski definition) is 0. The van der Waals surface area contributed by atoms with E-state index in [2.05, 4.69) is 5.10 Å². The molecule has 3 aliphatic heterocycles. The first-order valence-electron chi connectivity index (χ1n) is 8.65. The molecule has 4 heterocycles. The van der Waals surface area contributed by atoms with Gasteiger partial charge in [0.15, 0.2) is 17.2 Å². The van der Waals surface area contributed by atoms with E-state index in [1.165, 1.54) is 0 Å². The Hall–Kier alpha value is -2.54. The summed E-state index contributed by atoms with van der Waals surface area (Å²) in [6.07, 6.45) is 2.04. The predicted octanol–water partition coefficient (Wildman–Crippen LogP) is 2.12. The summed E-state index contributed by atoms with van der Waals surface area (Å²) in [4.78, 5) is 14.4. The number of carbonyl (C=O) groups is 1. The lowest BCUT2D eigenvalue weighted by Gasteiger charge is -2.24. The van der Waals surface area contributed by atoms with Crippen molar-refractivity contribution in [2.75, 3.05) is 19.9 Å². The van der Waals surface area contributed by atoms with Gasteiger partial charge in [0.25, 0.3) is 5.91 Å². The van der Waals surface area contributed by atoms with Crippen LogP contribution in [-0.2, 0) is 17.9 Å². The molecule has 1 aromatic carbocycles. The lowest BCUT2D eigenvalue weighted by Crippen LogP contribution is -2.28. The van der Waals surface area contributed by atoms with Crippen molar-refractivity contribution in [1.29, 1.82) is 0 Å². The highest BCUT2D eigenvalue weighted by Crippen LogP contribution is 2.36. The Morgan fingerprint density at radius 2 is 1.96 bits per heavy atom. The quantitative estimate of drug-likeness (QED) is 0.837. The molecule has 1 amide bonds. The van der Waals surface area contributed by atoms with Gasteiger partial charge < -0.3 is 19.1 Å². The van der Waals surface area contributed by atoms with Crippen molar-refractivity contribution in [2.45, 2.75) is 32.1 Å². The van der Waals surface area contributed by atoms with Gasteiger partial charge in [-0.1, -0.05) is 6.07 Å². The van der Waals surface area contributed by atoms with E-state index in [4.69, 9.17) is 14.2 Å². The number of ether oxygens (including phenoxy) is 3. The van der Waals surface area contributed by atoms with E-state index in [0.717, 1.165) is 48.7 Å². The summed E-state index contributed by atoms with van der Waals surface area (Å²) in [5, 5.41) is 4.53. The maximum Gasteiger partial charge on any atom is 0.274 e. The Morgan fingerprint density at radius 1 is 1.12 bits per heavy atom. The van der Waals surface area contributed by atoms with Crippen molar-refractivity contribution >= 4 is 5.91 Å². The van der Waals surface area contributed by atoms with Crippen LogP contribution in [0.2, 0.25) is 0 Å². The fraction of sp³-hybridized carbons (Fsp3) is 0.444. The monoisotopic (exact) mass is 341 g/mol. The van der Waals surface area contributed by atoms with Crippen molar-refractivity contribution in [3.05, 3.63) is 41.2 Å². The standard InChI is InChI=1S/C18H19N3O4/c22-18(20-5-1-2-6-20)14-8-13-10-23-17(9-21(13)19-14)12-3-4-15-16(7-12)25-11-24-15/h3-4,7-8,17H,1-2,5-6,9-11H2/t17-/m0/s1. The van der Waals surface area contributed by atoms with Crippen LogP contribution in [0.5, 0.6) is 11.5 Å². The van der Waals surface area contributed by atoms with Crippen molar-refractivity contribution in [2.24, 2.45) is 0 Å². The van der Waals surface area contributed by atoms with Crippen molar-refractivity contribution in [3.8, 4) is 11.5 Å². The Morgan fingerprint density at radius 3 is 2.84 bits per heavy atom. The first-order chi connectivity index (χ1) is 12.3. The minimum Gasteiger partial charge on any atom is -0.454 e. The highest BCUT2D eigenvalue weighted by atomic mass is 16.7. The summed E-state index contributed by atoms with van der Waals surface area (Å²) in [6.45, 7) is 2.95. The van der Waals surface area contributed by atoms with Crippen LogP contribution in [0, 0.1) is 0 Å². The number of aromatic nitrogens is 2. The molecule has 25 heavy (non-hydrogen) atoms. The summed E-state index contributed by atoms with van der Waals surface area (Å²) in [5.74, 6) is 1.54. The Bertz CT molecular complexity index is 826. The van der Waals surface area contributed by atoms with Crippen molar-refractivity contribution < 1.29 is 19.0 Å². The van der Waals surface area contributed by atoms with Gasteiger partial charge in [-0.15, -0.1) is 0 Å². The Balaban J connectivity index is 1.36. The summed E-state index contributed by atoms with van der Waals surface area (Å²) in [5.41, 5.74) is 2.49. The second-order valence-electron chi connectivity index (χ2n) is 6.61. The van der Waals surface area contributed by atoms with Crippen LogP contribution in [0.25, 0.3) is 0 Å². The van der Waals surface area contributed by atoms with Crippen LogP contribution in [0.15, 0.2) is 24.3 Å². The largest absolute Gasteiger partial charge is 0.454 e. The van der Waals surface area contributed by atoms with Crippen LogP contribution in [0.1, 0.15) is 40.7 Å². The Labute approximate surface area is 145 Å². The topological polar surface area (TPSA) is 65.8 Å². The second-order valence-corrected chi connectivity index (χ2v) is 6.61. The minimum atomic E-state index is -0.114. The predicted molar refractivity (Wildman–Crippen MR) is 87.5 cm³/mol. The molecule has 1 atom stereocenters. The molecule has 0 unspecified atom stereocenters. The van der Waals surface area contributed by atoms with Gasteiger partial charge in [0, 0.05) is 13.1 Å². The zero-order valence-electron chi connectivity index (χ0n) is 13.8. The number of likely N-dealkylation sites (tertiary alicyclic amines) is 1. The van der Waals surface area contributed by atoms with E-state index in [0.29, 0.717) is 18.8 Å². The van der Waals surface area contributed by atoms with Gasteiger partial charge in [-0.3, -0.25) is 9.48 Å². The molecular weight excluding hydrogens is 322 g/mol. The normalized spacial score (nSPS) is 21.4. The summed E-state index contributed by atoms with van der Waals surface area (Å²) in [7, 11) is 0. The summed E-state index contributed by atoms with van der Waals surface area (Å²) >= 11 is 0. The van der Waals surface area contributed by atoms with E-state index in [-0.39, 0.29) is 18.8 Å². The van der Waals surface area contributed by atoms with Crippen LogP contribution < -0.4 is 9.47 Å². The number of hydrogen-bond acceptors (Lipinski definition) is 5. The first-order valence-corrected chi connectivity index (χ1v) is 8.65. The second kappa shape index (κ2) is 5.77. The summed E-state index contributed by atoms with van der Waals surface area (Å²) < 4.78 is 18.7. The average Bonchev–Trinajstić information content (AvgIpc) is 3.39. The lowest BCUT2D eigenvalue weighted by molar-refractivity contribution is -0.00130. The van der Waals surface area contributed by atoms with Crippen molar-refractivity contribution in [3.63, 3.8) is 0 Å². The van der Waals surface area contributed by atoms with Crippen LogP contribution in [-0.4, -0.2) is 40.5 Å². The highest BCUT2D eigenvalue weighted by molar-refractivity contribution is 5.92. The van der Waals surface area contributed by atoms with Crippen LogP contribution in [0.4, 0.5) is 0 Å². The van der Waals surface area contributed by atoms with E-state index in [1.54, 1.807) is 0 Å². The molecule has 1 saturated heterocycles. The van der Waals surface area contributed by atoms with Gasteiger partial charge >= 0.3 is 0 Å². The number of nitrogens with zero attached hydrogens (tertiary/aromatic N) is 3. The third-order valence-electron chi connectivity index (χ3n) is 5.02. The van der Waals surface area contributed by atoms with Gasteiger partial charge in [-0.25, -0.2) is 0 Å². The molecule has 0 N–H and O–H groups in total. The van der Waals surface area contributed by atoms with E-state index >= 15 is 0 Å². The number of carbonyl (C=O) groups excluding carboxylic acids is 1. The molecule has 7 nitrogen and oxygen atoms in total. The van der Waals surface area contributed by atoms with Crippen LogP contribution >= 0.6 is 0 Å². The first kappa shape index (κ1) is 14.8. The summed E-state index contributed by atoms with van der Waals surface area (Å²) in [6, 6.07) is 7.71. The fourth-order valence-electron chi connectivity index (χ4n) is 3.63. The molecule has 5 rings (SSSR count). The molecule has 0 spiro atoms. The fourth-order valence-corrected chi connectivity index (χ4v) is 3.63. The van der Waals surface area contributed by atoms with Crippen molar-refractivity contribution in [1.82, 2.24) is 14.7 Å².